The largest absolute Gasteiger partial charge is 0.390 e. The molecule has 3 aliphatic heterocycles. The maximum atomic E-state index is 13.6. The average molecular weight is 580 g/mol. The maximum absolute atomic E-state index is 13.6. The number of carbonyl (C=O) groups is 1. The number of carbonyl (C=O) groups excluding carboxylic acids is 1. The second-order valence-electron chi connectivity index (χ2n) is 10.3. The number of anilines is 1. The molecule has 1 amide bonds. The summed E-state index contributed by atoms with van der Waals surface area (Å²) in [5.74, 6) is -0.109. The summed E-state index contributed by atoms with van der Waals surface area (Å²) in [5, 5.41) is 4.97. The molecule has 3 saturated heterocycles. The fourth-order valence-electron chi connectivity index (χ4n) is 5.55. The molecule has 3 fully saturated rings. The Hall–Kier alpha value is -2.30. The fraction of sp³-hybridized carbons (Fsp3) is 0.571. The molecule has 0 saturated carbocycles. The van der Waals surface area contributed by atoms with E-state index >= 15 is 0 Å². The summed E-state index contributed by atoms with van der Waals surface area (Å²) in [7, 11) is 1.73. The van der Waals surface area contributed by atoms with Crippen LogP contribution in [0.1, 0.15) is 26.2 Å². The lowest BCUT2D eigenvalue weighted by Crippen LogP contribution is -2.54. The number of rotatable bonds is 8. The van der Waals surface area contributed by atoms with Gasteiger partial charge in [0.25, 0.3) is 5.91 Å². The third-order valence-corrected chi connectivity index (χ3v) is 8.34. The Balaban J connectivity index is 1.35. The van der Waals surface area contributed by atoms with Crippen molar-refractivity contribution >= 4 is 41.1 Å². The molecule has 39 heavy (non-hydrogen) atoms. The van der Waals surface area contributed by atoms with Gasteiger partial charge in [-0.15, -0.1) is 0 Å². The second-order valence-corrected chi connectivity index (χ2v) is 11.2. The Bertz CT molecular complexity index is 1060. The zero-order valence-corrected chi connectivity index (χ0v) is 24.4. The van der Waals surface area contributed by atoms with Crippen molar-refractivity contribution in [2.24, 2.45) is 10.7 Å². The summed E-state index contributed by atoms with van der Waals surface area (Å²) in [6, 6.07) is 6.19. The van der Waals surface area contributed by atoms with Gasteiger partial charge in [0.15, 0.2) is 0 Å². The van der Waals surface area contributed by atoms with Crippen LogP contribution in [0.15, 0.2) is 46.7 Å². The molecule has 9 nitrogen and oxygen atoms in total. The number of halogens is 2. The summed E-state index contributed by atoms with van der Waals surface area (Å²) in [5.41, 5.74) is 8.55. The summed E-state index contributed by atoms with van der Waals surface area (Å²) in [4.78, 5) is 24.2. The topological polar surface area (TPSA) is 95.7 Å². The van der Waals surface area contributed by atoms with Crippen molar-refractivity contribution < 1.29 is 14.3 Å². The molecule has 1 aromatic rings. The van der Waals surface area contributed by atoms with Gasteiger partial charge in [-0.2, -0.15) is 0 Å². The van der Waals surface area contributed by atoms with Crippen LogP contribution in [-0.4, -0.2) is 99.8 Å². The first-order chi connectivity index (χ1) is 18.8. The highest BCUT2D eigenvalue weighted by Crippen LogP contribution is 2.28. The molecule has 0 spiro atoms. The molecule has 0 bridgehead atoms. The molecule has 11 heteroatoms. The number of nitrogens with zero attached hydrogens (tertiary/aromatic N) is 4. The van der Waals surface area contributed by atoms with Crippen LogP contribution in [-0.2, 0) is 14.3 Å². The van der Waals surface area contributed by atoms with E-state index in [9.17, 15) is 4.79 Å². The lowest BCUT2D eigenvalue weighted by molar-refractivity contribution is -0.128. The van der Waals surface area contributed by atoms with Gasteiger partial charge in [-0.25, -0.2) is 4.99 Å². The maximum Gasteiger partial charge on any atom is 0.272 e. The summed E-state index contributed by atoms with van der Waals surface area (Å²) < 4.78 is 11.1. The van der Waals surface area contributed by atoms with Crippen molar-refractivity contribution in [3.05, 3.63) is 51.8 Å². The SMILES string of the molecule is C=C(/C(C)=C(\N=CN)C(=O)N1CCC(NC2CCOCC2OC)CC1)N1CCN(c2cc(Cl)cc(Cl)c2)CC1. The van der Waals surface area contributed by atoms with Crippen molar-refractivity contribution in [3.8, 4) is 0 Å². The standard InChI is InChI=1S/C28H40Cl2N6O3/c1-19(20(2)34-9-11-35(12-10-34)24-15-21(29)14-22(30)16-24)27(32-18-31)28(37)36-7-4-23(5-8-36)33-25-6-13-39-17-26(25)38-3/h14-16,18,23,25-26,33H,2,4-13,17H2,1,3H3,(H2,31,32)/b27-19-. The fourth-order valence-corrected chi connectivity index (χ4v) is 6.07. The molecule has 0 aromatic heterocycles. The second kappa shape index (κ2) is 13.9. The van der Waals surface area contributed by atoms with Crippen LogP contribution >= 0.6 is 23.2 Å². The molecule has 3 N–H and O–H groups in total. The lowest BCUT2D eigenvalue weighted by atomic mass is 9.99. The van der Waals surface area contributed by atoms with Gasteiger partial charge in [0.2, 0.25) is 0 Å². The molecular weight excluding hydrogens is 539 g/mol. The van der Waals surface area contributed by atoms with E-state index in [4.69, 9.17) is 38.4 Å². The minimum atomic E-state index is -0.109. The minimum Gasteiger partial charge on any atom is -0.390 e. The van der Waals surface area contributed by atoms with E-state index in [0.717, 1.165) is 69.0 Å². The predicted molar refractivity (Wildman–Crippen MR) is 158 cm³/mol. The van der Waals surface area contributed by atoms with Gasteiger partial charge >= 0.3 is 0 Å². The number of hydrogen-bond acceptors (Lipinski definition) is 7. The molecule has 4 rings (SSSR count). The van der Waals surface area contributed by atoms with E-state index in [1.165, 1.54) is 6.34 Å². The zero-order valence-electron chi connectivity index (χ0n) is 22.9. The molecule has 0 radical (unpaired) electrons. The van der Waals surface area contributed by atoms with Gasteiger partial charge in [0.05, 0.1) is 19.0 Å². The van der Waals surface area contributed by atoms with Crippen molar-refractivity contribution in [2.75, 3.05) is 64.5 Å². The van der Waals surface area contributed by atoms with Crippen LogP contribution < -0.4 is 16.0 Å². The van der Waals surface area contributed by atoms with Crippen LogP contribution in [0.5, 0.6) is 0 Å². The first-order valence-corrected chi connectivity index (χ1v) is 14.3. The molecule has 1 aromatic carbocycles. The molecular formula is C28H40Cl2N6O3. The molecule has 2 atom stereocenters. The monoisotopic (exact) mass is 578 g/mol. The van der Waals surface area contributed by atoms with Crippen LogP contribution in [0.3, 0.4) is 0 Å². The van der Waals surface area contributed by atoms with E-state index < -0.39 is 0 Å². The van der Waals surface area contributed by atoms with E-state index in [2.05, 4.69) is 26.7 Å². The Morgan fingerprint density at radius 1 is 1.10 bits per heavy atom. The number of benzene rings is 1. The molecule has 214 valence electrons. The van der Waals surface area contributed by atoms with Crippen LogP contribution in [0.4, 0.5) is 5.69 Å². The van der Waals surface area contributed by atoms with Gasteiger partial charge in [0, 0.05) is 92.1 Å². The number of allylic oxidation sites excluding steroid dienone is 1. The van der Waals surface area contributed by atoms with Crippen molar-refractivity contribution in [3.63, 3.8) is 0 Å². The summed E-state index contributed by atoms with van der Waals surface area (Å²) in [6.07, 6.45) is 3.92. The number of likely N-dealkylation sites (tertiary alicyclic amines) is 1. The normalized spacial score (nSPS) is 23.7. The third-order valence-electron chi connectivity index (χ3n) is 7.91. The number of amides is 1. The minimum absolute atomic E-state index is 0.0608. The number of piperidine rings is 1. The number of nitrogens with two attached hydrogens (primary N) is 1. The first-order valence-electron chi connectivity index (χ1n) is 13.6. The number of piperazine rings is 1. The summed E-state index contributed by atoms with van der Waals surface area (Å²) >= 11 is 12.4. The van der Waals surface area contributed by atoms with Crippen LogP contribution in [0, 0.1) is 0 Å². The quantitative estimate of drug-likeness (QED) is 0.211. The van der Waals surface area contributed by atoms with E-state index in [1.54, 1.807) is 13.2 Å². The number of ether oxygens (including phenoxy) is 2. The number of nitrogens with one attached hydrogen (secondary N) is 1. The third kappa shape index (κ3) is 7.46. The van der Waals surface area contributed by atoms with Gasteiger partial charge in [0.1, 0.15) is 5.70 Å². The Kier molecular flexibility index (Phi) is 10.5. The first kappa shape index (κ1) is 29.7. The Morgan fingerprint density at radius 2 is 1.77 bits per heavy atom. The lowest BCUT2D eigenvalue weighted by Gasteiger charge is -2.39. The van der Waals surface area contributed by atoms with E-state index in [0.29, 0.717) is 41.5 Å². The van der Waals surface area contributed by atoms with Gasteiger partial charge in [-0.1, -0.05) is 29.8 Å². The van der Waals surface area contributed by atoms with Crippen LogP contribution in [0.25, 0.3) is 0 Å². The van der Waals surface area contributed by atoms with Gasteiger partial charge < -0.3 is 35.2 Å². The molecule has 3 aliphatic rings. The highest BCUT2D eigenvalue weighted by molar-refractivity contribution is 6.35. The molecule has 0 aliphatic carbocycles. The van der Waals surface area contributed by atoms with Crippen LogP contribution in [0.2, 0.25) is 10.0 Å². The Labute approximate surface area is 241 Å². The van der Waals surface area contributed by atoms with Gasteiger partial charge in [-0.3, -0.25) is 4.79 Å². The number of methoxy groups -OCH3 is 1. The highest BCUT2D eigenvalue weighted by atomic mass is 35.5. The summed E-state index contributed by atoms with van der Waals surface area (Å²) in [6.45, 7) is 11.9. The van der Waals surface area contributed by atoms with Gasteiger partial charge in [-0.05, 0) is 44.4 Å². The van der Waals surface area contributed by atoms with Crippen molar-refractivity contribution in [1.82, 2.24) is 15.1 Å². The van der Waals surface area contributed by atoms with Crippen molar-refractivity contribution in [1.29, 1.82) is 0 Å². The highest BCUT2D eigenvalue weighted by Gasteiger charge is 2.31. The molecule has 2 unspecified atom stereocenters. The van der Waals surface area contributed by atoms with E-state index in [1.807, 2.05) is 24.0 Å². The van der Waals surface area contributed by atoms with E-state index in [-0.39, 0.29) is 18.1 Å². The average Bonchev–Trinajstić information content (AvgIpc) is 2.95. The van der Waals surface area contributed by atoms with Crippen molar-refractivity contribution in [2.45, 2.75) is 44.4 Å². The Morgan fingerprint density at radius 3 is 2.38 bits per heavy atom. The number of aliphatic imine (C=N–C) groups is 1. The predicted octanol–water partition coefficient (Wildman–Crippen LogP) is 3.27. The molecule has 3 heterocycles. The zero-order chi connectivity index (χ0) is 27.9. The smallest absolute Gasteiger partial charge is 0.272 e. The number of hydrogen-bond donors (Lipinski definition) is 2.